The van der Waals surface area contributed by atoms with Crippen molar-refractivity contribution in [2.24, 2.45) is 0 Å². The van der Waals surface area contributed by atoms with Crippen LogP contribution in [-0.2, 0) is 0 Å². The van der Waals surface area contributed by atoms with Crippen molar-refractivity contribution in [2.75, 3.05) is 30.5 Å². The van der Waals surface area contributed by atoms with E-state index in [9.17, 15) is 5.11 Å². The van der Waals surface area contributed by atoms with E-state index < -0.39 is 0 Å². The third kappa shape index (κ3) is 8.67. The van der Waals surface area contributed by atoms with E-state index in [1.54, 1.807) is 11.8 Å². The molecule has 0 aliphatic heterocycles. The molecule has 0 aromatic carbocycles. The van der Waals surface area contributed by atoms with Gasteiger partial charge in [0.25, 0.3) is 0 Å². The molecule has 0 rings (SSSR count). The Bertz CT molecular complexity index is 92.7. The molecule has 1 atom stereocenters. The van der Waals surface area contributed by atoms with Crippen molar-refractivity contribution in [3.05, 3.63) is 0 Å². The number of hydrogen-bond acceptors (Lipinski definition) is 5. The van der Waals surface area contributed by atoms with Gasteiger partial charge in [0, 0.05) is 11.5 Å². The first-order valence-electron chi connectivity index (χ1n) is 3.90. The zero-order valence-electron chi connectivity index (χ0n) is 6.98. The summed E-state index contributed by atoms with van der Waals surface area (Å²) >= 11 is 2.99. The maximum Gasteiger partial charge on any atom is 0.100 e. The van der Waals surface area contributed by atoms with Crippen LogP contribution in [0.3, 0.4) is 0 Å². The van der Waals surface area contributed by atoms with Crippen molar-refractivity contribution in [3.63, 3.8) is 0 Å². The van der Waals surface area contributed by atoms with E-state index >= 15 is 0 Å². The van der Waals surface area contributed by atoms with Crippen LogP contribution in [-0.4, -0.2) is 51.2 Å². The topological polar surface area (TPSA) is 60.7 Å². The van der Waals surface area contributed by atoms with E-state index in [0.29, 0.717) is 5.75 Å². The SMILES string of the molecule is OCCSCCC(O)SCCO. The second-order valence-corrected chi connectivity index (χ2v) is 4.68. The third-order valence-electron chi connectivity index (χ3n) is 1.15. The molecule has 3 nitrogen and oxygen atoms in total. The fourth-order valence-corrected chi connectivity index (χ4v) is 2.16. The highest BCUT2D eigenvalue weighted by Crippen LogP contribution is 2.13. The molecule has 0 amide bonds. The third-order valence-corrected chi connectivity index (χ3v) is 3.18. The lowest BCUT2D eigenvalue weighted by atomic mass is 10.5. The number of thioether (sulfide) groups is 2. The zero-order chi connectivity index (χ0) is 9.23. The average molecular weight is 212 g/mol. The molecule has 0 aliphatic carbocycles. The Morgan fingerprint density at radius 1 is 1.00 bits per heavy atom. The molecule has 12 heavy (non-hydrogen) atoms. The van der Waals surface area contributed by atoms with E-state index in [-0.39, 0.29) is 18.6 Å². The van der Waals surface area contributed by atoms with Gasteiger partial charge in [-0.2, -0.15) is 11.8 Å². The largest absolute Gasteiger partial charge is 0.396 e. The summed E-state index contributed by atoms with van der Waals surface area (Å²) in [5, 5.41) is 26.2. The molecule has 0 saturated heterocycles. The van der Waals surface area contributed by atoms with Crippen molar-refractivity contribution in [1.29, 1.82) is 0 Å². The van der Waals surface area contributed by atoms with Crippen molar-refractivity contribution in [3.8, 4) is 0 Å². The Kier molecular flexibility index (Phi) is 10.1. The summed E-state index contributed by atoms with van der Waals surface area (Å²) in [7, 11) is 0. The van der Waals surface area contributed by atoms with Gasteiger partial charge in [-0.25, -0.2) is 0 Å². The highest BCUT2D eigenvalue weighted by atomic mass is 32.2. The number of hydrogen-bond donors (Lipinski definition) is 3. The van der Waals surface area contributed by atoms with Gasteiger partial charge in [0.15, 0.2) is 0 Å². The monoisotopic (exact) mass is 212 g/mol. The molecule has 3 N–H and O–H groups in total. The van der Waals surface area contributed by atoms with Crippen LogP contribution < -0.4 is 0 Å². The molecule has 74 valence electrons. The van der Waals surface area contributed by atoms with E-state index in [0.717, 1.165) is 17.9 Å². The Balaban J connectivity index is 3.02. The first kappa shape index (κ1) is 12.6. The first-order chi connectivity index (χ1) is 5.81. The van der Waals surface area contributed by atoms with Crippen molar-refractivity contribution in [1.82, 2.24) is 0 Å². The van der Waals surface area contributed by atoms with E-state index in [4.69, 9.17) is 10.2 Å². The van der Waals surface area contributed by atoms with Gasteiger partial charge in [-0.3, -0.25) is 0 Å². The zero-order valence-corrected chi connectivity index (χ0v) is 8.61. The second kappa shape index (κ2) is 9.67. The van der Waals surface area contributed by atoms with Crippen LogP contribution in [0.2, 0.25) is 0 Å². The van der Waals surface area contributed by atoms with Crippen LogP contribution in [0.1, 0.15) is 6.42 Å². The van der Waals surface area contributed by atoms with Crippen molar-refractivity contribution in [2.45, 2.75) is 11.9 Å². The van der Waals surface area contributed by atoms with Crippen LogP contribution >= 0.6 is 23.5 Å². The highest BCUT2D eigenvalue weighted by molar-refractivity contribution is 8.00. The van der Waals surface area contributed by atoms with Crippen LogP contribution in [0.25, 0.3) is 0 Å². The number of rotatable bonds is 8. The molecule has 0 radical (unpaired) electrons. The summed E-state index contributed by atoms with van der Waals surface area (Å²) in [4.78, 5) is 0. The Hall–Kier alpha value is 0.580. The van der Waals surface area contributed by atoms with E-state index in [1.807, 2.05) is 0 Å². The predicted molar refractivity (Wildman–Crippen MR) is 54.6 cm³/mol. The molecule has 5 heteroatoms. The van der Waals surface area contributed by atoms with Crippen LogP contribution in [0.4, 0.5) is 0 Å². The molecule has 0 aliphatic rings. The molecule has 0 spiro atoms. The molecule has 0 heterocycles. The first-order valence-corrected chi connectivity index (χ1v) is 6.10. The fourth-order valence-electron chi connectivity index (χ4n) is 0.623. The molecule has 0 aromatic heterocycles. The lowest BCUT2D eigenvalue weighted by Gasteiger charge is -2.07. The van der Waals surface area contributed by atoms with Gasteiger partial charge in [0.2, 0.25) is 0 Å². The molecule has 0 fully saturated rings. The molecule has 0 aromatic rings. The van der Waals surface area contributed by atoms with Gasteiger partial charge in [0.1, 0.15) is 5.44 Å². The Labute approximate surface area is 81.6 Å². The lowest BCUT2D eigenvalue weighted by Crippen LogP contribution is -2.05. The van der Waals surface area contributed by atoms with Gasteiger partial charge < -0.3 is 15.3 Å². The van der Waals surface area contributed by atoms with E-state index in [2.05, 4.69) is 0 Å². The molecule has 0 saturated carbocycles. The van der Waals surface area contributed by atoms with Crippen LogP contribution in [0.5, 0.6) is 0 Å². The van der Waals surface area contributed by atoms with Crippen LogP contribution in [0.15, 0.2) is 0 Å². The van der Waals surface area contributed by atoms with Gasteiger partial charge >= 0.3 is 0 Å². The van der Waals surface area contributed by atoms with Crippen molar-refractivity contribution < 1.29 is 15.3 Å². The Morgan fingerprint density at radius 3 is 2.25 bits per heavy atom. The molecular weight excluding hydrogens is 196 g/mol. The van der Waals surface area contributed by atoms with Gasteiger partial charge in [-0.1, -0.05) is 0 Å². The van der Waals surface area contributed by atoms with Gasteiger partial charge in [-0.05, 0) is 12.2 Å². The summed E-state index contributed by atoms with van der Waals surface area (Å²) < 4.78 is 0. The normalized spacial score (nSPS) is 13.2. The summed E-state index contributed by atoms with van der Waals surface area (Å²) in [6.07, 6.45) is 0.718. The van der Waals surface area contributed by atoms with E-state index in [1.165, 1.54) is 11.8 Å². The van der Waals surface area contributed by atoms with Crippen molar-refractivity contribution >= 4 is 23.5 Å². The predicted octanol–water partition coefficient (Wildman–Crippen LogP) is 0.146. The number of aliphatic hydroxyl groups is 3. The van der Waals surface area contributed by atoms with Gasteiger partial charge in [-0.15, -0.1) is 11.8 Å². The second-order valence-electron chi connectivity index (χ2n) is 2.17. The number of aliphatic hydroxyl groups excluding tert-OH is 3. The summed E-state index contributed by atoms with van der Waals surface area (Å²) in [5.41, 5.74) is -0.372. The smallest absolute Gasteiger partial charge is 0.100 e. The standard InChI is InChI=1S/C7H16O3S2/c8-2-5-11-4-1-7(10)12-6-3-9/h7-10H,1-6H2. The summed E-state index contributed by atoms with van der Waals surface area (Å²) in [5.74, 6) is 2.18. The Morgan fingerprint density at radius 2 is 1.67 bits per heavy atom. The molecular formula is C7H16O3S2. The maximum absolute atomic E-state index is 9.26. The minimum absolute atomic E-state index is 0.117. The van der Waals surface area contributed by atoms with Crippen LogP contribution in [0, 0.1) is 0 Å². The lowest BCUT2D eigenvalue weighted by molar-refractivity contribution is 0.258. The summed E-state index contributed by atoms with van der Waals surface area (Å²) in [6, 6.07) is 0. The van der Waals surface area contributed by atoms with Gasteiger partial charge in [0.05, 0.1) is 13.2 Å². The molecule has 0 bridgehead atoms. The summed E-state index contributed by atoms with van der Waals surface area (Å²) in [6.45, 7) is 0.316. The molecule has 1 unspecified atom stereocenters. The quantitative estimate of drug-likeness (QED) is 0.395. The fraction of sp³-hybridized carbons (Fsp3) is 1.00. The minimum Gasteiger partial charge on any atom is -0.396 e. The minimum atomic E-state index is -0.372. The average Bonchev–Trinajstić information content (AvgIpc) is 2.09. The maximum atomic E-state index is 9.26. The highest BCUT2D eigenvalue weighted by Gasteiger charge is 2.02.